The van der Waals surface area contributed by atoms with E-state index in [4.69, 9.17) is 11.5 Å². The van der Waals surface area contributed by atoms with Gasteiger partial charge in [-0.2, -0.15) is 13.2 Å². The Bertz CT molecular complexity index is 927. The topological polar surface area (TPSA) is 91.3 Å². The van der Waals surface area contributed by atoms with Crippen LogP contribution < -0.4 is 17.2 Å². The highest BCUT2D eigenvalue weighted by Crippen LogP contribution is 2.34. The summed E-state index contributed by atoms with van der Waals surface area (Å²) in [6.45, 7) is -0.0657. The number of aromatic nitrogens is 2. The number of hydrogen-bond donors (Lipinski definition) is 2. The molecule has 1 atom stereocenters. The van der Waals surface area contributed by atoms with E-state index in [1.165, 1.54) is 19.1 Å². The van der Waals surface area contributed by atoms with E-state index in [0.29, 0.717) is 10.3 Å². The van der Waals surface area contributed by atoms with E-state index in [2.05, 4.69) is 4.99 Å². The largest absolute Gasteiger partial charge is 0.406 e. The van der Waals surface area contributed by atoms with E-state index in [9.17, 15) is 22.4 Å². The summed E-state index contributed by atoms with van der Waals surface area (Å²) in [5.41, 5.74) is 9.82. The van der Waals surface area contributed by atoms with Crippen LogP contribution in [0.3, 0.4) is 0 Å². The van der Waals surface area contributed by atoms with Crippen LogP contribution in [0, 0.1) is 5.82 Å². The Morgan fingerprint density at radius 2 is 2.00 bits per heavy atom. The minimum absolute atomic E-state index is 0.0658. The van der Waals surface area contributed by atoms with Crippen LogP contribution in [0.4, 0.5) is 23.2 Å². The van der Waals surface area contributed by atoms with Crippen molar-refractivity contribution in [1.29, 1.82) is 0 Å². The third-order valence-corrected chi connectivity index (χ3v) is 4.06. The van der Waals surface area contributed by atoms with Gasteiger partial charge in [-0.05, 0) is 25.1 Å². The van der Waals surface area contributed by atoms with Gasteiger partial charge in [0.15, 0.2) is 0 Å². The number of aliphatic imine (C=N–C) groups is 1. The maximum atomic E-state index is 14.2. The zero-order valence-electron chi connectivity index (χ0n) is 13.1. The van der Waals surface area contributed by atoms with Crippen LogP contribution in [0.25, 0.3) is 0 Å². The molecule has 1 aromatic heterocycles. The highest BCUT2D eigenvalue weighted by atomic mass is 19.4. The highest BCUT2D eigenvalue weighted by Gasteiger charge is 2.37. The molecule has 0 bridgehead atoms. The lowest BCUT2D eigenvalue weighted by atomic mass is 9.90. The van der Waals surface area contributed by atoms with Crippen molar-refractivity contribution in [2.75, 3.05) is 5.73 Å². The first kappa shape index (κ1) is 17.1. The molecule has 10 heteroatoms. The van der Waals surface area contributed by atoms with Crippen LogP contribution in [-0.4, -0.2) is 21.1 Å². The number of benzene rings is 1. The highest BCUT2D eigenvalue weighted by molar-refractivity contribution is 5.96. The molecule has 0 saturated heterocycles. The first-order chi connectivity index (χ1) is 11.5. The SMILES string of the molecule is C[C@@]1(c2cc(N)ccc2F)Cn2c(cn(CC(F)(F)F)c2=O)C(N)=N1. The van der Waals surface area contributed by atoms with Crippen molar-refractivity contribution in [2.24, 2.45) is 10.7 Å². The van der Waals surface area contributed by atoms with Crippen LogP contribution in [0.2, 0.25) is 0 Å². The summed E-state index contributed by atoms with van der Waals surface area (Å²) in [5.74, 6) is -0.743. The van der Waals surface area contributed by atoms with Gasteiger partial charge in [-0.15, -0.1) is 0 Å². The molecule has 0 fully saturated rings. The molecule has 0 spiro atoms. The van der Waals surface area contributed by atoms with Crippen LogP contribution >= 0.6 is 0 Å². The quantitative estimate of drug-likeness (QED) is 0.631. The molecule has 0 saturated carbocycles. The summed E-state index contributed by atoms with van der Waals surface area (Å²) in [6.07, 6.45) is -3.56. The first-order valence-electron chi connectivity index (χ1n) is 7.28. The zero-order valence-corrected chi connectivity index (χ0v) is 13.1. The van der Waals surface area contributed by atoms with Gasteiger partial charge in [0, 0.05) is 17.4 Å². The monoisotopic (exact) mass is 357 g/mol. The van der Waals surface area contributed by atoms with Gasteiger partial charge in [-0.25, -0.2) is 9.18 Å². The van der Waals surface area contributed by atoms with Crippen LogP contribution in [0.1, 0.15) is 18.2 Å². The maximum absolute atomic E-state index is 14.2. The van der Waals surface area contributed by atoms with Crippen LogP contribution in [0.15, 0.2) is 34.2 Å². The minimum atomic E-state index is -4.56. The molecule has 1 aliphatic heterocycles. The molecule has 0 aliphatic carbocycles. The molecule has 0 radical (unpaired) electrons. The van der Waals surface area contributed by atoms with Gasteiger partial charge < -0.3 is 11.5 Å². The average molecular weight is 357 g/mol. The van der Waals surface area contributed by atoms with E-state index >= 15 is 0 Å². The Hall–Kier alpha value is -2.78. The smallest absolute Gasteiger partial charge is 0.399 e. The zero-order chi connectivity index (χ0) is 18.6. The molecular weight excluding hydrogens is 342 g/mol. The van der Waals surface area contributed by atoms with Crippen LogP contribution in [-0.2, 0) is 18.6 Å². The molecule has 3 rings (SSSR count). The summed E-state index contributed by atoms with van der Waals surface area (Å²) in [4.78, 5) is 16.5. The van der Waals surface area contributed by atoms with Crippen molar-refractivity contribution in [3.63, 3.8) is 0 Å². The molecular formula is C15H15F4N5O. The predicted octanol–water partition coefficient (Wildman–Crippen LogP) is 1.57. The molecule has 25 heavy (non-hydrogen) atoms. The normalized spacial score (nSPS) is 20.3. The standard InChI is InChI=1S/C15H15F4N5O/c1-14(9-4-8(20)2-3-10(9)16)6-24-11(12(21)22-14)5-23(13(24)25)7-15(17,18)19/h2-5H,6-7,20H2,1H3,(H2,21,22)/t14-/m0/s1. The number of hydrogen-bond acceptors (Lipinski definition) is 4. The number of amidine groups is 1. The number of nitrogens with zero attached hydrogens (tertiary/aromatic N) is 3. The van der Waals surface area contributed by atoms with E-state index < -0.39 is 29.8 Å². The fourth-order valence-electron chi connectivity index (χ4n) is 2.96. The molecule has 1 aliphatic rings. The molecule has 4 N–H and O–H groups in total. The van der Waals surface area contributed by atoms with Crippen LogP contribution in [0.5, 0.6) is 0 Å². The number of halogens is 4. The number of alkyl halides is 3. The number of nitrogen functional groups attached to an aromatic ring is 1. The minimum Gasteiger partial charge on any atom is -0.399 e. The Balaban J connectivity index is 2.10. The summed E-state index contributed by atoms with van der Waals surface area (Å²) < 4.78 is 53.6. The van der Waals surface area contributed by atoms with Crippen molar-refractivity contribution in [3.05, 3.63) is 52.0 Å². The fraction of sp³-hybridized carbons (Fsp3) is 0.333. The fourth-order valence-corrected chi connectivity index (χ4v) is 2.96. The predicted molar refractivity (Wildman–Crippen MR) is 83.6 cm³/mol. The molecule has 2 aromatic rings. The van der Waals surface area contributed by atoms with Gasteiger partial charge in [-0.3, -0.25) is 14.1 Å². The molecule has 0 amide bonds. The second-order valence-corrected chi connectivity index (χ2v) is 6.14. The molecule has 6 nitrogen and oxygen atoms in total. The van der Waals surface area contributed by atoms with Gasteiger partial charge >= 0.3 is 11.9 Å². The lowest BCUT2D eigenvalue weighted by Crippen LogP contribution is -2.41. The Labute approximate surface area is 139 Å². The Morgan fingerprint density at radius 3 is 2.64 bits per heavy atom. The lowest BCUT2D eigenvalue weighted by molar-refractivity contribution is -0.141. The number of fused-ring (bicyclic) bond motifs is 1. The third-order valence-electron chi connectivity index (χ3n) is 4.06. The molecule has 134 valence electrons. The summed E-state index contributed by atoms with van der Waals surface area (Å²) in [5, 5.41) is 0. The van der Waals surface area contributed by atoms with E-state index in [1.807, 2.05) is 0 Å². The van der Waals surface area contributed by atoms with E-state index in [-0.39, 0.29) is 23.6 Å². The van der Waals surface area contributed by atoms with Crippen molar-refractivity contribution < 1.29 is 17.6 Å². The third kappa shape index (κ3) is 2.99. The van der Waals surface area contributed by atoms with Crippen molar-refractivity contribution in [2.45, 2.75) is 31.7 Å². The van der Waals surface area contributed by atoms with Gasteiger partial charge in [0.25, 0.3) is 0 Å². The Morgan fingerprint density at radius 1 is 1.32 bits per heavy atom. The van der Waals surface area contributed by atoms with E-state index in [1.54, 1.807) is 0 Å². The molecule has 2 heterocycles. The number of imidazole rings is 1. The Kier molecular flexibility index (Phi) is 3.66. The first-order valence-corrected chi connectivity index (χ1v) is 7.28. The number of nitrogens with two attached hydrogens (primary N) is 2. The maximum Gasteiger partial charge on any atom is 0.406 e. The van der Waals surface area contributed by atoms with Crippen molar-refractivity contribution >= 4 is 11.5 Å². The second kappa shape index (κ2) is 5.36. The van der Waals surface area contributed by atoms with Crippen molar-refractivity contribution in [3.8, 4) is 0 Å². The number of anilines is 1. The summed E-state index contributed by atoms with van der Waals surface area (Å²) in [6, 6.07) is 3.90. The average Bonchev–Trinajstić information content (AvgIpc) is 2.77. The summed E-state index contributed by atoms with van der Waals surface area (Å²) in [7, 11) is 0. The lowest BCUT2D eigenvalue weighted by Gasteiger charge is -2.31. The molecule has 1 aromatic carbocycles. The van der Waals surface area contributed by atoms with Gasteiger partial charge in [0.05, 0.1) is 6.54 Å². The van der Waals surface area contributed by atoms with E-state index in [0.717, 1.165) is 16.8 Å². The second-order valence-electron chi connectivity index (χ2n) is 6.14. The summed E-state index contributed by atoms with van der Waals surface area (Å²) >= 11 is 0. The van der Waals surface area contributed by atoms with Gasteiger partial charge in [-0.1, -0.05) is 0 Å². The van der Waals surface area contributed by atoms with Crippen molar-refractivity contribution in [1.82, 2.24) is 9.13 Å². The van der Waals surface area contributed by atoms with Gasteiger partial charge in [0.1, 0.15) is 29.4 Å². The van der Waals surface area contributed by atoms with Gasteiger partial charge in [0.2, 0.25) is 0 Å². The molecule has 0 unspecified atom stereocenters. The number of rotatable bonds is 2.